The molecular weight excluding hydrogens is 414 g/mol. The maximum atomic E-state index is 12.6. The van der Waals surface area contributed by atoms with Crippen molar-refractivity contribution in [1.29, 1.82) is 0 Å². The largest absolute Gasteiger partial charge is 0.436 e. The highest BCUT2D eigenvalue weighted by Crippen LogP contribution is 2.25. The van der Waals surface area contributed by atoms with Crippen molar-refractivity contribution in [2.24, 2.45) is 0 Å². The smallest absolute Gasteiger partial charge is 0.255 e. The molecule has 0 radical (unpaired) electrons. The third-order valence-electron chi connectivity index (χ3n) is 5.12. The average Bonchev–Trinajstić information content (AvgIpc) is 3.30. The molecular formula is C27H19N3O3. The van der Waals surface area contributed by atoms with Crippen LogP contribution in [0, 0.1) is 0 Å². The van der Waals surface area contributed by atoms with Crippen LogP contribution in [0.3, 0.4) is 0 Å². The lowest BCUT2D eigenvalue weighted by atomic mass is 10.1. The van der Waals surface area contributed by atoms with Gasteiger partial charge in [-0.25, -0.2) is 4.98 Å². The summed E-state index contributed by atoms with van der Waals surface area (Å²) in [6.07, 6.45) is 0. The van der Waals surface area contributed by atoms with Crippen molar-refractivity contribution < 1.29 is 14.0 Å². The Kier molecular flexibility index (Phi) is 5.39. The summed E-state index contributed by atoms with van der Waals surface area (Å²) in [7, 11) is 0. The molecule has 1 aromatic heterocycles. The molecule has 0 aliphatic carbocycles. The fraction of sp³-hybridized carbons (Fsp3) is 0. The van der Waals surface area contributed by atoms with Crippen molar-refractivity contribution in [3.63, 3.8) is 0 Å². The minimum atomic E-state index is -0.245. The van der Waals surface area contributed by atoms with E-state index in [9.17, 15) is 9.59 Å². The van der Waals surface area contributed by atoms with Crippen LogP contribution in [0.5, 0.6) is 0 Å². The summed E-state index contributed by atoms with van der Waals surface area (Å²) in [6.45, 7) is 0. The standard InChI is InChI=1S/C27H19N3O3/c31-25(18-6-2-1-3-7-18)28-21-14-10-19(11-15-21)26(32)29-22-16-12-20(13-17-22)27-30-23-8-4-5-9-24(23)33-27/h1-17H,(H,28,31)(H,29,32). The number of amides is 2. The van der Waals surface area contributed by atoms with E-state index < -0.39 is 0 Å². The number of aromatic nitrogens is 1. The predicted molar refractivity (Wildman–Crippen MR) is 128 cm³/mol. The molecule has 0 fully saturated rings. The SMILES string of the molecule is O=C(Nc1ccc(C(=O)Nc2ccc(-c3nc4ccccc4o3)cc2)cc1)c1ccccc1. The van der Waals surface area contributed by atoms with E-state index >= 15 is 0 Å². The van der Waals surface area contributed by atoms with Gasteiger partial charge in [-0.3, -0.25) is 9.59 Å². The van der Waals surface area contributed by atoms with Crippen LogP contribution < -0.4 is 10.6 Å². The molecule has 0 spiro atoms. The summed E-state index contributed by atoms with van der Waals surface area (Å²) in [5.41, 5.74) is 4.67. The summed E-state index contributed by atoms with van der Waals surface area (Å²) in [6, 6.07) is 30.6. The summed E-state index contributed by atoms with van der Waals surface area (Å²) in [5, 5.41) is 5.69. The van der Waals surface area contributed by atoms with Gasteiger partial charge in [-0.2, -0.15) is 0 Å². The molecule has 6 heteroatoms. The maximum Gasteiger partial charge on any atom is 0.255 e. The molecule has 5 aromatic rings. The number of rotatable bonds is 5. The van der Waals surface area contributed by atoms with Crippen molar-refractivity contribution >= 4 is 34.3 Å². The van der Waals surface area contributed by atoms with Crippen LogP contribution in [0.2, 0.25) is 0 Å². The fourth-order valence-corrected chi connectivity index (χ4v) is 3.39. The van der Waals surface area contributed by atoms with Crippen molar-refractivity contribution in [3.05, 3.63) is 114 Å². The highest BCUT2D eigenvalue weighted by molar-refractivity contribution is 6.06. The number of nitrogens with zero attached hydrogens (tertiary/aromatic N) is 1. The zero-order chi connectivity index (χ0) is 22.6. The van der Waals surface area contributed by atoms with E-state index in [0.717, 1.165) is 16.7 Å². The number of hydrogen-bond donors (Lipinski definition) is 2. The molecule has 160 valence electrons. The lowest BCUT2D eigenvalue weighted by Crippen LogP contribution is -2.13. The molecule has 6 nitrogen and oxygen atoms in total. The molecule has 33 heavy (non-hydrogen) atoms. The normalized spacial score (nSPS) is 10.7. The van der Waals surface area contributed by atoms with Crippen molar-refractivity contribution in [3.8, 4) is 11.5 Å². The van der Waals surface area contributed by atoms with Crippen LogP contribution in [0.25, 0.3) is 22.6 Å². The molecule has 0 atom stereocenters. The van der Waals surface area contributed by atoms with Gasteiger partial charge < -0.3 is 15.1 Å². The second-order valence-electron chi connectivity index (χ2n) is 7.42. The number of fused-ring (bicyclic) bond motifs is 1. The zero-order valence-electron chi connectivity index (χ0n) is 17.5. The first-order valence-corrected chi connectivity index (χ1v) is 10.4. The Morgan fingerprint density at radius 3 is 1.79 bits per heavy atom. The highest BCUT2D eigenvalue weighted by Gasteiger charge is 2.10. The van der Waals surface area contributed by atoms with E-state index in [-0.39, 0.29) is 11.8 Å². The van der Waals surface area contributed by atoms with Gasteiger partial charge in [-0.05, 0) is 72.8 Å². The van der Waals surface area contributed by atoms with E-state index in [4.69, 9.17) is 4.42 Å². The second kappa shape index (κ2) is 8.80. The van der Waals surface area contributed by atoms with E-state index in [2.05, 4.69) is 15.6 Å². The van der Waals surface area contributed by atoms with Gasteiger partial charge >= 0.3 is 0 Å². The van der Waals surface area contributed by atoms with Gasteiger partial charge in [0.15, 0.2) is 5.58 Å². The third-order valence-corrected chi connectivity index (χ3v) is 5.12. The molecule has 2 amide bonds. The minimum Gasteiger partial charge on any atom is -0.436 e. The molecule has 1 heterocycles. The number of carbonyl (C=O) groups excluding carboxylic acids is 2. The van der Waals surface area contributed by atoms with Crippen LogP contribution >= 0.6 is 0 Å². The molecule has 2 N–H and O–H groups in total. The van der Waals surface area contributed by atoms with Gasteiger partial charge in [0.25, 0.3) is 11.8 Å². The van der Waals surface area contributed by atoms with E-state index in [1.165, 1.54) is 0 Å². The lowest BCUT2D eigenvalue weighted by molar-refractivity contribution is 0.102. The Morgan fingerprint density at radius 2 is 1.15 bits per heavy atom. The van der Waals surface area contributed by atoms with Crippen LogP contribution in [0.4, 0.5) is 11.4 Å². The van der Waals surface area contributed by atoms with Crippen LogP contribution in [0.1, 0.15) is 20.7 Å². The highest BCUT2D eigenvalue weighted by atomic mass is 16.3. The number of oxazole rings is 1. The Morgan fingerprint density at radius 1 is 0.606 bits per heavy atom. The Labute approximate surface area is 189 Å². The van der Waals surface area contributed by atoms with E-state index in [0.29, 0.717) is 28.4 Å². The second-order valence-corrected chi connectivity index (χ2v) is 7.42. The number of carbonyl (C=O) groups is 2. The van der Waals surface area contributed by atoms with Crippen LogP contribution in [-0.2, 0) is 0 Å². The number of benzene rings is 4. The fourth-order valence-electron chi connectivity index (χ4n) is 3.39. The Bertz CT molecular complexity index is 1390. The number of hydrogen-bond acceptors (Lipinski definition) is 4. The van der Waals surface area contributed by atoms with E-state index in [1.54, 1.807) is 48.5 Å². The summed E-state index contributed by atoms with van der Waals surface area (Å²) in [5.74, 6) is 0.0830. The van der Waals surface area contributed by atoms with Gasteiger partial charge in [0.1, 0.15) is 5.52 Å². The van der Waals surface area contributed by atoms with Gasteiger partial charge in [-0.15, -0.1) is 0 Å². The first kappa shape index (κ1) is 20.2. The lowest BCUT2D eigenvalue weighted by Gasteiger charge is -2.08. The molecule has 0 saturated carbocycles. The van der Waals surface area contributed by atoms with E-state index in [1.807, 2.05) is 54.6 Å². The molecule has 0 saturated heterocycles. The monoisotopic (exact) mass is 433 g/mol. The van der Waals surface area contributed by atoms with Gasteiger partial charge in [0.2, 0.25) is 5.89 Å². The predicted octanol–water partition coefficient (Wildman–Crippen LogP) is 6.00. The van der Waals surface area contributed by atoms with Crippen LogP contribution in [-0.4, -0.2) is 16.8 Å². The quantitative estimate of drug-likeness (QED) is 0.356. The number of para-hydroxylation sites is 2. The van der Waals surface area contributed by atoms with Crippen molar-refractivity contribution in [1.82, 2.24) is 4.98 Å². The number of nitrogens with one attached hydrogen (secondary N) is 2. The summed E-state index contributed by atoms with van der Waals surface area (Å²) < 4.78 is 5.78. The average molecular weight is 433 g/mol. The molecule has 0 bridgehead atoms. The molecule has 0 aliphatic heterocycles. The molecule has 0 unspecified atom stereocenters. The Balaban J connectivity index is 1.23. The molecule has 0 aliphatic rings. The summed E-state index contributed by atoms with van der Waals surface area (Å²) in [4.78, 5) is 29.4. The Hall–Kier alpha value is -4.71. The third kappa shape index (κ3) is 4.50. The zero-order valence-corrected chi connectivity index (χ0v) is 17.5. The molecule has 4 aromatic carbocycles. The topological polar surface area (TPSA) is 84.2 Å². The first-order valence-electron chi connectivity index (χ1n) is 10.4. The van der Waals surface area contributed by atoms with Gasteiger partial charge in [0, 0.05) is 28.1 Å². The van der Waals surface area contributed by atoms with Gasteiger partial charge in [0.05, 0.1) is 0 Å². The minimum absolute atomic E-state index is 0.202. The van der Waals surface area contributed by atoms with Gasteiger partial charge in [-0.1, -0.05) is 30.3 Å². The van der Waals surface area contributed by atoms with Crippen molar-refractivity contribution in [2.75, 3.05) is 10.6 Å². The molecule has 5 rings (SSSR count). The number of anilines is 2. The summed E-state index contributed by atoms with van der Waals surface area (Å²) >= 11 is 0. The van der Waals surface area contributed by atoms with Crippen LogP contribution in [0.15, 0.2) is 108 Å². The maximum absolute atomic E-state index is 12.6. The van der Waals surface area contributed by atoms with Crippen molar-refractivity contribution in [2.45, 2.75) is 0 Å². The first-order chi connectivity index (χ1) is 16.2.